The van der Waals surface area contributed by atoms with Gasteiger partial charge in [-0.3, -0.25) is 14.5 Å². The number of primary amides is 1. The molecule has 0 radical (unpaired) electrons. The van der Waals surface area contributed by atoms with E-state index in [0.29, 0.717) is 19.1 Å². The van der Waals surface area contributed by atoms with Gasteiger partial charge in [-0.1, -0.05) is 0 Å². The molecule has 10 heteroatoms. The Hall–Kier alpha value is -2.07. The third-order valence-corrected chi connectivity index (χ3v) is 7.95. The summed E-state index contributed by atoms with van der Waals surface area (Å²) >= 11 is 0. The van der Waals surface area contributed by atoms with Crippen LogP contribution in [-0.2, 0) is 27.0 Å². The van der Waals surface area contributed by atoms with Crippen molar-refractivity contribution in [2.75, 3.05) is 19.8 Å². The third-order valence-electron chi connectivity index (χ3n) is 7.95. The fraction of sp³-hybridized carbons (Fsp3) is 0.727. The van der Waals surface area contributed by atoms with Gasteiger partial charge in [0.05, 0.1) is 19.8 Å². The highest BCUT2D eigenvalue weighted by Gasteiger charge is 2.58. The number of hydrogen-bond donors (Lipinski definition) is 2. The number of nitrogens with two attached hydrogens (primary N) is 1. The van der Waals surface area contributed by atoms with Gasteiger partial charge in [-0.25, -0.2) is 0 Å². The second-order valence-corrected chi connectivity index (χ2v) is 9.97. The van der Waals surface area contributed by atoms with E-state index in [2.05, 4.69) is 5.32 Å². The molecule has 5 aliphatic rings. The lowest BCUT2D eigenvalue weighted by molar-refractivity contribution is -0.154. The lowest BCUT2D eigenvalue weighted by Crippen LogP contribution is -2.64. The zero-order valence-electron chi connectivity index (χ0n) is 17.7. The van der Waals surface area contributed by atoms with Crippen molar-refractivity contribution in [3.05, 3.63) is 23.7 Å². The fourth-order valence-electron chi connectivity index (χ4n) is 6.71. The van der Waals surface area contributed by atoms with Crippen LogP contribution in [0, 0.1) is 23.2 Å². The first-order chi connectivity index (χ1) is 15.1. The third kappa shape index (κ3) is 3.81. The Morgan fingerprint density at radius 1 is 1.19 bits per heavy atom. The lowest BCUT2D eigenvalue weighted by Gasteiger charge is -2.59. The molecule has 176 valence electrons. The van der Waals surface area contributed by atoms with Crippen molar-refractivity contribution in [3.63, 3.8) is 0 Å². The minimum Gasteiger partial charge on any atom is -0.455 e. The molecule has 3 atom stereocenters. The number of carbonyl (C=O) groups is 2. The van der Waals surface area contributed by atoms with Gasteiger partial charge in [0.15, 0.2) is 0 Å². The molecular weight excluding hydrogens is 427 g/mol. The number of halogens is 3. The van der Waals surface area contributed by atoms with Crippen molar-refractivity contribution < 1.29 is 31.9 Å². The molecule has 3 unspecified atom stereocenters. The zero-order chi connectivity index (χ0) is 22.7. The number of hydrogen-bond acceptors (Lipinski definition) is 5. The number of nitrogens with one attached hydrogen (secondary N) is 1. The van der Waals surface area contributed by atoms with E-state index in [0.717, 1.165) is 38.2 Å². The summed E-state index contributed by atoms with van der Waals surface area (Å²) in [6.45, 7) is 1.09. The Morgan fingerprint density at radius 3 is 2.53 bits per heavy atom. The molecule has 1 aromatic heterocycles. The largest absolute Gasteiger partial charge is 0.455 e. The highest BCUT2D eigenvalue weighted by atomic mass is 19.4. The van der Waals surface area contributed by atoms with E-state index in [4.69, 9.17) is 14.9 Å². The summed E-state index contributed by atoms with van der Waals surface area (Å²) in [6, 6.07) is 1.60. The minimum atomic E-state index is -4.54. The molecule has 1 aromatic rings. The van der Waals surface area contributed by atoms with Gasteiger partial charge in [0, 0.05) is 18.0 Å². The van der Waals surface area contributed by atoms with Crippen LogP contribution >= 0.6 is 0 Å². The van der Waals surface area contributed by atoms with Gasteiger partial charge in [-0.15, -0.1) is 0 Å². The van der Waals surface area contributed by atoms with Crippen LogP contribution in [0.25, 0.3) is 0 Å². The lowest BCUT2D eigenvalue weighted by atomic mass is 9.47. The molecule has 6 rings (SSSR count). The maximum absolute atomic E-state index is 13.2. The van der Waals surface area contributed by atoms with Gasteiger partial charge in [0.2, 0.25) is 17.6 Å². The monoisotopic (exact) mass is 455 g/mol. The predicted molar refractivity (Wildman–Crippen MR) is 106 cm³/mol. The van der Waals surface area contributed by atoms with Crippen molar-refractivity contribution in [2.24, 2.45) is 28.9 Å². The number of morpholine rings is 1. The molecule has 4 aliphatic carbocycles. The van der Waals surface area contributed by atoms with Crippen molar-refractivity contribution in [3.8, 4) is 0 Å². The van der Waals surface area contributed by atoms with Crippen LogP contribution in [0.5, 0.6) is 0 Å². The highest BCUT2D eigenvalue weighted by molar-refractivity contribution is 5.83. The summed E-state index contributed by atoms with van der Waals surface area (Å²) in [7, 11) is 0. The summed E-state index contributed by atoms with van der Waals surface area (Å²) in [6.07, 6.45) is -0.247. The summed E-state index contributed by atoms with van der Waals surface area (Å²) in [5, 5.41) is 3.21. The Labute approximate surface area is 183 Å². The molecule has 2 amide bonds. The number of alkyl halides is 3. The van der Waals surface area contributed by atoms with Gasteiger partial charge in [-0.05, 0) is 62.0 Å². The van der Waals surface area contributed by atoms with E-state index in [1.54, 1.807) is 4.90 Å². The standard InChI is InChI=1S/C22H28F3N3O4/c23-22(24,25)17-2-1-15(32-17)10-28-3-4-31-11-16(28)19(29)27-18-13-5-12-6-14(18)9-21(7-12,8-13)20(26)30/h1-2,12-14,16,18H,3-11H2,(H2,26,30)(H,27,29). The summed E-state index contributed by atoms with van der Waals surface area (Å²) in [4.78, 5) is 27.2. The summed E-state index contributed by atoms with van der Waals surface area (Å²) in [5.41, 5.74) is 5.32. The number of rotatable bonds is 5. The van der Waals surface area contributed by atoms with E-state index < -0.39 is 23.4 Å². The Kier molecular flexibility index (Phi) is 5.28. The average Bonchev–Trinajstić information content (AvgIpc) is 3.19. The molecule has 1 saturated heterocycles. The smallest absolute Gasteiger partial charge is 0.449 e. The number of furan rings is 1. The maximum Gasteiger partial charge on any atom is 0.449 e. The first-order valence-corrected chi connectivity index (χ1v) is 11.2. The number of nitrogens with zero attached hydrogens (tertiary/aromatic N) is 1. The minimum absolute atomic E-state index is 0.00394. The number of carbonyl (C=O) groups excluding carboxylic acids is 2. The molecule has 4 bridgehead atoms. The van der Waals surface area contributed by atoms with Crippen molar-refractivity contribution in [1.82, 2.24) is 10.2 Å². The van der Waals surface area contributed by atoms with Gasteiger partial charge >= 0.3 is 6.18 Å². The Bertz CT molecular complexity index is 885. The van der Waals surface area contributed by atoms with Gasteiger partial charge in [0.1, 0.15) is 11.8 Å². The molecule has 7 nitrogen and oxygen atoms in total. The zero-order valence-corrected chi connectivity index (χ0v) is 17.7. The van der Waals surface area contributed by atoms with Crippen LogP contribution < -0.4 is 11.1 Å². The topological polar surface area (TPSA) is 97.8 Å². The Balaban J connectivity index is 1.26. The van der Waals surface area contributed by atoms with Gasteiger partial charge < -0.3 is 20.2 Å². The molecule has 32 heavy (non-hydrogen) atoms. The van der Waals surface area contributed by atoms with Crippen LogP contribution in [0.3, 0.4) is 0 Å². The fourth-order valence-corrected chi connectivity index (χ4v) is 6.71. The normalized spacial score (nSPS) is 36.9. The number of amides is 2. The second kappa shape index (κ2) is 7.76. The molecule has 0 spiro atoms. The van der Waals surface area contributed by atoms with E-state index in [1.165, 1.54) is 6.07 Å². The van der Waals surface area contributed by atoms with Gasteiger partial charge in [-0.2, -0.15) is 13.2 Å². The SMILES string of the molecule is NC(=O)C12CC3CC(C1)C(NC(=O)C1COCCN1Cc1ccc(C(F)(F)F)o1)C(C3)C2. The van der Waals surface area contributed by atoms with Crippen LogP contribution in [0.15, 0.2) is 16.5 Å². The van der Waals surface area contributed by atoms with E-state index in [9.17, 15) is 22.8 Å². The van der Waals surface area contributed by atoms with Crippen LogP contribution in [-0.4, -0.2) is 48.6 Å². The molecular formula is C22H28F3N3O4. The van der Waals surface area contributed by atoms with Crippen LogP contribution in [0.2, 0.25) is 0 Å². The van der Waals surface area contributed by atoms with Crippen LogP contribution in [0.4, 0.5) is 13.2 Å². The first kappa shape index (κ1) is 21.8. The van der Waals surface area contributed by atoms with E-state index in [-0.39, 0.29) is 48.6 Å². The van der Waals surface area contributed by atoms with Crippen molar-refractivity contribution in [1.29, 1.82) is 0 Å². The quantitative estimate of drug-likeness (QED) is 0.710. The predicted octanol–water partition coefficient (Wildman–Crippen LogP) is 2.30. The molecule has 4 saturated carbocycles. The average molecular weight is 455 g/mol. The highest BCUT2D eigenvalue weighted by Crippen LogP contribution is 2.59. The van der Waals surface area contributed by atoms with Crippen LogP contribution in [0.1, 0.15) is 43.6 Å². The maximum atomic E-state index is 13.2. The van der Waals surface area contributed by atoms with E-state index in [1.807, 2.05) is 0 Å². The van der Waals surface area contributed by atoms with Crippen molar-refractivity contribution in [2.45, 2.75) is 56.9 Å². The number of ether oxygens (including phenoxy) is 1. The van der Waals surface area contributed by atoms with E-state index >= 15 is 0 Å². The Morgan fingerprint density at radius 2 is 1.91 bits per heavy atom. The van der Waals surface area contributed by atoms with Crippen molar-refractivity contribution >= 4 is 11.8 Å². The first-order valence-electron chi connectivity index (χ1n) is 11.2. The van der Waals surface area contributed by atoms with Gasteiger partial charge in [0.25, 0.3) is 0 Å². The second-order valence-electron chi connectivity index (χ2n) is 9.97. The summed E-state index contributed by atoms with van der Waals surface area (Å²) < 4.78 is 49.0. The molecule has 3 N–H and O–H groups in total. The molecule has 1 aliphatic heterocycles. The molecule has 2 heterocycles. The summed E-state index contributed by atoms with van der Waals surface area (Å²) in [5.74, 6) is -0.327. The molecule has 0 aromatic carbocycles. The molecule has 5 fully saturated rings.